The highest BCUT2D eigenvalue weighted by Crippen LogP contribution is 2.39. The summed E-state index contributed by atoms with van der Waals surface area (Å²) < 4.78 is 39.5. The predicted octanol–water partition coefficient (Wildman–Crippen LogP) is 5.08. The maximum absolute atomic E-state index is 12.9. The number of rotatable bonds is 4. The summed E-state index contributed by atoms with van der Waals surface area (Å²) in [6.07, 6.45) is -2.38. The molecular formula is C20H18BrF3N2O. The average Bonchev–Trinajstić information content (AvgIpc) is 2.65. The Hall–Kier alpha value is -2.28. The molecule has 0 saturated heterocycles. The molecule has 1 amide bonds. The number of fused-ring (bicyclic) bond motifs is 1. The molecular weight excluding hydrogens is 421 g/mol. The van der Waals surface area contributed by atoms with E-state index in [0.717, 1.165) is 34.3 Å². The number of benzene rings is 2. The molecule has 2 aromatic rings. The van der Waals surface area contributed by atoms with Crippen LogP contribution in [0.4, 0.5) is 24.5 Å². The van der Waals surface area contributed by atoms with E-state index in [-0.39, 0.29) is 11.8 Å². The van der Waals surface area contributed by atoms with Gasteiger partial charge in [0.2, 0.25) is 5.91 Å². The number of anilines is 2. The summed E-state index contributed by atoms with van der Waals surface area (Å²) in [7, 11) is 0. The van der Waals surface area contributed by atoms with Crippen molar-refractivity contribution in [3.05, 3.63) is 70.7 Å². The normalized spacial score (nSPS) is 16.6. The zero-order valence-electron chi connectivity index (χ0n) is 14.4. The van der Waals surface area contributed by atoms with Crippen molar-refractivity contribution >= 4 is 33.2 Å². The van der Waals surface area contributed by atoms with Crippen molar-refractivity contribution in [1.82, 2.24) is 5.32 Å². The van der Waals surface area contributed by atoms with E-state index in [1.165, 1.54) is 18.2 Å². The van der Waals surface area contributed by atoms with Crippen LogP contribution in [0.3, 0.4) is 0 Å². The first-order chi connectivity index (χ1) is 12.8. The predicted molar refractivity (Wildman–Crippen MR) is 103 cm³/mol. The fourth-order valence-corrected chi connectivity index (χ4v) is 3.76. The Morgan fingerprint density at radius 3 is 2.59 bits per heavy atom. The van der Waals surface area contributed by atoms with Crippen molar-refractivity contribution in [2.45, 2.75) is 12.6 Å². The second-order valence-electron chi connectivity index (χ2n) is 6.41. The maximum atomic E-state index is 12.9. The number of hydrogen-bond acceptors (Lipinski definition) is 2. The molecule has 3 nitrogen and oxygen atoms in total. The van der Waals surface area contributed by atoms with Gasteiger partial charge in [-0.2, -0.15) is 13.2 Å². The lowest BCUT2D eigenvalue weighted by Crippen LogP contribution is -2.39. The molecule has 0 fully saturated rings. The van der Waals surface area contributed by atoms with E-state index >= 15 is 0 Å². The summed E-state index contributed by atoms with van der Waals surface area (Å²) in [5, 5.41) is 2.81. The topological polar surface area (TPSA) is 32.3 Å². The van der Waals surface area contributed by atoms with Crippen LogP contribution in [0.15, 0.2) is 59.6 Å². The molecule has 1 atom stereocenters. The minimum Gasteiger partial charge on any atom is -0.352 e. The molecule has 1 unspecified atom stereocenters. The molecule has 142 valence electrons. The fraction of sp³-hybridized carbons (Fsp3) is 0.250. The Kier molecular flexibility index (Phi) is 5.60. The number of carbonyl (C=O) groups is 1. The monoisotopic (exact) mass is 438 g/mol. The summed E-state index contributed by atoms with van der Waals surface area (Å²) in [6.45, 7) is 4.49. The minimum absolute atomic E-state index is 0.113. The van der Waals surface area contributed by atoms with Gasteiger partial charge in [-0.1, -0.05) is 28.6 Å². The van der Waals surface area contributed by atoms with Crippen LogP contribution in [0.5, 0.6) is 0 Å². The molecule has 1 heterocycles. The summed E-state index contributed by atoms with van der Waals surface area (Å²) in [4.78, 5) is 13.5. The third kappa shape index (κ3) is 4.35. The zero-order valence-corrected chi connectivity index (χ0v) is 16.0. The number of alkyl halides is 3. The maximum Gasteiger partial charge on any atom is 0.416 e. The number of hydrogen-bond donors (Lipinski definition) is 1. The van der Waals surface area contributed by atoms with Gasteiger partial charge in [0.1, 0.15) is 0 Å². The molecule has 1 N–H and O–H groups in total. The number of carbonyl (C=O) groups excluding carboxylic acids is 1. The van der Waals surface area contributed by atoms with E-state index in [4.69, 9.17) is 0 Å². The van der Waals surface area contributed by atoms with Crippen LogP contribution in [0.25, 0.3) is 0 Å². The van der Waals surface area contributed by atoms with Crippen molar-refractivity contribution in [3.63, 3.8) is 0 Å². The Bertz CT molecular complexity index is 849. The van der Waals surface area contributed by atoms with Crippen LogP contribution in [-0.2, 0) is 17.4 Å². The van der Waals surface area contributed by atoms with E-state index in [0.29, 0.717) is 18.8 Å². The van der Waals surface area contributed by atoms with Gasteiger partial charge in [0.25, 0.3) is 0 Å². The molecule has 0 saturated carbocycles. The van der Waals surface area contributed by atoms with Gasteiger partial charge in [-0.3, -0.25) is 4.79 Å². The first-order valence-electron chi connectivity index (χ1n) is 8.42. The fourth-order valence-electron chi connectivity index (χ4n) is 3.24. The molecule has 0 aromatic heterocycles. The van der Waals surface area contributed by atoms with Crippen molar-refractivity contribution in [2.24, 2.45) is 5.92 Å². The Morgan fingerprint density at radius 2 is 1.96 bits per heavy atom. The molecule has 0 bridgehead atoms. The van der Waals surface area contributed by atoms with Gasteiger partial charge in [0.05, 0.1) is 5.56 Å². The van der Waals surface area contributed by atoms with Crippen molar-refractivity contribution < 1.29 is 18.0 Å². The van der Waals surface area contributed by atoms with Crippen molar-refractivity contribution in [3.8, 4) is 0 Å². The van der Waals surface area contributed by atoms with Gasteiger partial charge in [-0.05, 0) is 60.4 Å². The molecule has 3 rings (SSSR count). The van der Waals surface area contributed by atoms with Crippen LogP contribution >= 0.6 is 15.9 Å². The second-order valence-corrected chi connectivity index (χ2v) is 7.27. The highest BCUT2D eigenvalue weighted by Gasteiger charge is 2.31. The lowest BCUT2D eigenvalue weighted by atomic mass is 9.91. The summed E-state index contributed by atoms with van der Waals surface area (Å²) in [5.74, 6) is -0.128. The quantitative estimate of drug-likeness (QED) is 0.674. The zero-order chi connectivity index (χ0) is 19.6. The number of nitrogens with zero attached hydrogens (tertiary/aromatic N) is 1. The van der Waals surface area contributed by atoms with E-state index in [1.807, 2.05) is 23.1 Å². The molecule has 0 spiro atoms. The summed E-state index contributed by atoms with van der Waals surface area (Å²) in [6, 6.07) is 11.0. The average molecular weight is 439 g/mol. The van der Waals surface area contributed by atoms with Crippen LogP contribution < -0.4 is 10.2 Å². The van der Waals surface area contributed by atoms with E-state index in [1.54, 1.807) is 0 Å². The molecule has 27 heavy (non-hydrogen) atoms. The van der Waals surface area contributed by atoms with Crippen molar-refractivity contribution in [2.75, 3.05) is 18.0 Å². The number of nitrogens with one attached hydrogen (secondary N) is 1. The van der Waals surface area contributed by atoms with Crippen LogP contribution in [0.1, 0.15) is 11.1 Å². The van der Waals surface area contributed by atoms with Crippen LogP contribution in [0.2, 0.25) is 0 Å². The van der Waals surface area contributed by atoms with Gasteiger partial charge in [-0.15, -0.1) is 0 Å². The Balaban J connectivity index is 1.92. The Labute approximate surface area is 164 Å². The molecule has 1 aliphatic heterocycles. The molecule has 0 radical (unpaired) electrons. The van der Waals surface area contributed by atoms with E-state index in [9.17, 15) is 18.0 Å². The highest BCUT2D eigenvalue weighted by molar-refractivity contribution is 9.10. The van der Waals surface area contributed by atoms with Crippen LogP contribution in [-0.4, -0.2) is 19.0 Å². The highest BCUT2D eigenvalue weighted by atomic mass is 79.9. The largest absolute Gasteiger partial charge is 0.416 e. The van der Waals surface area contributed by atoms with Crippen LogP contribution in [0, 0.1) is 5.92 Å². The number of amides is 1. The van der Waals surface area contributed by atoms with Gasteiger partial charge in [0, 0.05) is 28.9 Å². The second kappa shape index (κ2) is 7.76. The lowest BCUT2D eigenvalue weighted by molar-refractivity contribution is -0.137. The number of halogens is 4. The smallest absolute Gasteiger partial charge is 0.352 e. The molecule has 1 aliphatic rings. The molecule has 7 heteroatoms. The first kappa shape index (κ1) is 19.5. The van der Waals surface area contributed by atoms with E-state index in [2.05, 4.69) is 27.8 Å². The first-order valence-corrected chi connectivity index (χ1v) is 9.21. The molecule has 0 aliphatic carbocycles. The van der Waals surface area contributed by atoms with Crippen molar-refractivity contribution in [1.29, 1.82) is 0 Å². The SMILES string of the molecule is C=CC(=O)NCC1Cc2c(Br)cccc2N(c2ccc(C(F)(F)F)cc2)C1. The summed E-state index contributed by atoms with van der Waals surface area (Å²) in [5.41, 5.74) is 2.03. The minimum atomic E-state index is -4.36. The third-order valence-electron chi connectivity index (χ3n) is 4.58. The third-order valence-corrected chi connectivity index (χ3v) is 5.32. The van der Waals surface area contributed by atoms with Gasteiger partial charge < -0.3 is 10.2 Å². The summed E-state index contributed by atoms with van der Waals surface area (Å²) >= 11 is 3.56. The lowest BCUT2D eigenvalue weighted by Gasteiger charge is -2.37. The van der Waals surface area contributed by atoms with E-state index < -0.39 is 11.7 Å². The van der Waals surface area contributed by atoms with Gasteiger partial charge >= 0.3 is 6.18 Å². The Morgan fingerprint density at radius 1 is 1.26 bits per heavy atom. The van der Waals surface area contributed by atoms with Gasteiger partial charge in [-0.25, -0.2) is 0 Å². The molecule has 2 aromatic carbocycles. The van der Waals surface area contributed by atoms with Gasteiger partial charge in [0.15, 0.2) is 0 Å². The standard InChI is InChI=1S/C20H18BrF3N2O/c1-2-19(27)25-11-13-10-16-17(21)4-3-5-18(16)26(12-13)15-8-6-14(7-9-15)20(22,23)24/h2-9,13H,1,10-12H2,(H,25,27).